The summed E-state index contributed by atoms with van der Waals surface area (Å²) >= 11 is 0. The molecule has 0 saturated carbocycles. The Morgan fingerprint density at radius 3 is 2.72 bits per heavy atom. The first kappa shape index (κ1) is 12.9. The first-order chi connectivity index (χ1) is 8.37. The molecule has 0 aliphatic carbocycles. The van der Waals surface area contributed by atoms with Gasteiger partial charge in [0.05, 0.1) is 17.1 Å². The van der Waals surface area contributed by atoms with Gasteiger partial charge in [0.2, 0.25) is 0 Å². The Labute approximate surface area is 105 Å². The van der Waals surface area contributed by atoms with E-state index in [0.29, 0.717) is 17.6 Å². The van der Waals surface area contributed by atoms with E-state index in [-0.39, 0.29) is 11.2 Å². The van der Waals surface area contributed by atoms with Crippen molar-refractivity contribution >= 4 is 11.0 Å². The summed E-state index contributed by atoms with van der Waals surface area (Å²) in [5, 5.41) is 13.4. The molecule has 1 atom stereocenters. The molecule has 0 amide bonds. The molecule has 2 aromatic rings. The topological polar surface area (TPSA) is 80.9 Å². The summed E-state index contributed by atoms with van der Waals surface area (Å²) in [5.74, 6) is 0. The molecule has 0 aliphatic heterocycles. The lowest BCUT2D eigenvalue weighted by Crippen LogP contribution is -2.38. The fourth-order valence-corrected chi connectivity index (χ4v) is 1.87. The molecule has 98 valence electrons. The van der Waals surface area contributed by atoms with Gasteiger partial charge < -0.3 is 20.4 Å². The number of H-pyrrole nitrogens is 2. The molecular formula is C13H19N3O2. The summed E-state index contributed by atoms with van der Waals surface area (Å²) < 4.78 is 0. The van der Waals surface area contributed by atoms with Gasteiger partial charge in [-0.15, -0.1) is 0 Å². The van der Waals surface area contributed by atoms with Gasteiger partial charge in [0, 0.05) is 17.6 Å². The number of hydrogen-bond acceptors (Lipinski definition) is 3. The number of aromatic nitrogens is 2. The summed E-state index contributed by atoms with van der Waals surface area (Å²) in [6.45, 7) is 6.56. The summed E-state index contributed by atoms with van der Waals surface area (Å²) in [4.78, 5) is 16.7. The van der Waals surface area contributed by atoms with Crippen molar-refractivity contribution in [3.63, 3.8) is 0 Å². The maximum atomic E-state index is 11.3. The Kier molecular flexibility index (Phi) is 3.28. The highest BCUT2D eigenvalue weighted by Crippen LogP contribution is 2.20. The minimum Gasteiger partial charge on any atom is -0.387 e. The van der Waals surface area contributed by atoms with Gasteiger partial charge in [0.25, 0.3) is 0 Å². The lowest BCUT2D eigenvalue weighted by Gasteiger charge is -2.23. The van der Waals surface area contributed by atoms with E-state index in [1.165, 1.54) is 0 Å². The van der Waals surface area contributed by atoms with Crippen LogP contribution < -0.4 is 11.0 Å². The lowest BCUT2D eigenvalue weighted by molar-refractivity contribution is 0.164. The zero-order valence-electron chi connectivity index (χ0n) is 10.9. The van der Waals surface area contributed by atoms with Gasteiger partial charge in [-0.05, 0) is 26.8 Å². The molecule has 0 unspecified atom stereocenters. The Bertz CT molecular complexity index is 592. The van der Waals surface area contributed by atoms with E-state index >= 15 is 0 Å². The van der Waals surface area contributed by atoms with Gasteiger partial charge in [-0.3, -0.25) is 0 Å². The van der Waals surface area contributed by atoms with Crippen molar-refractivity contribution in [1.82, 2.24) is 15.3 Å². The Morgan fingerprint density at radius 2 is 2.06 bits per heavy atom. The smallest absolute Gasteiger partial charge is 0.323 e. The lowest BCUT2D eigenvalue weighted by atomic mass is 10.0. The van der Waals surface area contributed by atoms with Crippen molar-refractivity contribution in [2.75, 3.05) is 6.54 Å². The first-order valence-corrected chi connectivity index (χ1v) is 6.01. The van der Waals surface area contributed by atoms with Crippen LogP contribution in [0, 0.1) is 0 Å². The van der Waals surface area contributed by atoms with Crippen LogP contribution in [0.15, 0.2) is 23.0 Å². The molecule has 1 aromatic heterocycles. The van der Waals surface area contributed by atoms with E-state index in [0.717, 1.165) is 5.56 Å². The Hall–Kier alpha value is -1.59. The minimum atomic E-state index is -0.653. The number of β-amino-alcohol motifs (C(OH)–C–C–N with tert-alkyl or cyclic N) is 1. The average Bonchev–Trinajstić information content (AvgIpc) is 2.64. The van der Waals surface area contributed by atoms with Crippen LogP contribution in [0.4, 0.5) is 0 Å². The highest BCUT2D eigenvalue weighted by Gasteiger charge is 2.16. The summed E-state index contributed by atoms with van der Waals surface area (Å²) in [7, 11) is 0. The third-order valence-corrected chi connectivity index (χ3v) is 2.77. The number of aliphatic hydroxyl groups excluding tert-OH is 1. The number of rotatable bonds is 3. The Morgan fingerprint density at radius 1 is 1.33 bits per heavy atom. The predicted octanol–water partition coefficient (Wildman–Crippen LogP) is 1.28. The molecule has 1 heterocycles. The second-order valence-corrected chi connectivity index (χ2v) is 5.50. The van der Waals surface area contributed by atoms with Crippen LogP contribution in [0.25, 0.3) is 11.0 Å². The molecule has 18 heavy (non-hydrogen) atoms. The zero-order chi connectivity index (χ0) is 13.3. The third kappa shape index (κ3) is 2.80. The van der Waals surface area contributed by atoms with Gasteiger partial charge in [-0.1, -0.05) is 12.1 Å². The molecule has 0 radical (unpaired) electrons. The second kappa shape index (κ2) is 4.59. The number of aromatic amines is 2. The van der Waals surface area contributed by atoms with Crippen molar-refractivity contribution in [3.8, 4) is 0 Å². The van der Waals surface area contributed by atoms with Gasteiger partial charge in [-0.2, -0.15) is 0 Å². The van der Waals surface area contributed by atoms with Gasteiger partial charge in [-0.25, -0.2) is 4.79 Å². The van der Waals surface area contributed by atoms with Crippen LogP contribution in [0.2, 0.25) is 0 Å². The Balaban J connectivity index is 2.27. The van der Waals surface area contributed by atoms with Crippen molar-refractivity contribution < 1.29 is 5.11 Å². The van der Waals surface area contributed by atoms with Crippen LogP contribution in [-0.4, -0.2) is 27.2 Å². The number of fused-ring (bicyclic) bond motifs is 1. The number of benzene rings is 1. The van der Waals surface area contributed by atoms with Crippen LogP contribution in [0.5, 0.6) is 0 Å². The fraction of sp³-hybridized carbons (Fsp3) is 0.462. The van der Waals surface area contributed by atoms with E-state index in [9.17, 15) is 9.90 Å². The van der Waals surface area contributed by atoms with Crippen LogP contribution in [0.1, 0.15) is 32.4 Å². The van der Waals surface area contributed by atoms with Crippen molar-refractivity contribution in [2.24, 2.45) is 0 Å². The minimum absolute atomic E-state index is 0.0551. The molecule has 4 N–H and O–H groups in total. The maximum absolute atomic E-state index is 11.3. The van der Waals surface area contributed by atoms with Crippen molar-refractivity contribution in [1.29, 1.82) is 0 Å². The van der Waals surface area contributed by atoms with Crippen LogP contribution in [0.3, 0.4) is 0 Å². The van der Waals surface area contributed by atoms with Crippen LogP contribution in [-0.2, 0) is 0 Å². The normalized spacial score (nSPS) is 14.0. The second-order valence-electron chi connectivity index (χ2n) is 5.50. The van der Waals surface area contributed by atoms with E-state index < -0.39 is 6.10 Å². The fourth-order valence-electron chi connectivity index (χ4n) is 1.87. The average molecular weight is 249 g/mol. The molecule has 5 heteroatoms. The highest BCUT2D eigenvalue weighted by atomic mass is 16.3. The first-order valence-electron chi connectivity index (χ1n) is 6.01. The zero-order valence-corrected chi connectivity index (χ0v) is 10.9. The number of aliphatic hydroxyl groups is 1. The molecule has 0 saturated heterocycles. The predicted molar refractivity (Wildman–Crippen MR) is 71.6 cm³/mol. The SMILES string of the molecule is CC(C)(C)NC[C@H](O)c1cccc2[nH]c(=O)[nH]c12. The molecule has 1 aromatic carbocycles. The standard InChI is InChI=1S/C13H19N3O2/c1-13(2,3)14-7-10(17)8-5-4-6-9-11(8)16-12(18)15-9/h4-6,10,14,17H,7H2,1-3H3,(H2,15,16,18)/t10-/m0/s1. The van der Waals surface area contributed by atoms with Gasteiger partial charge in [0.15, 0.2) is 0 Å². The quantitative estimate of drug-likeness (QED) is 0.661. The highest BCUT2D eigenvalue weighted by molar-refractivity contribution is 5.78. The molecular weight excluding hydrogens is 230 g/mol. The summed E-state index contributed by atoms with van der Waals surface area (Å²) in [5.41, 5.74) is 1.80. The largest absolute Gasteiger partial charge is 0.387 e. The maximum Gasteiger partial charge on any atom is 0.323 e. The van der Waals surface area contributed by atoms with Gasteiger partial charge >= 0.3 is 5.69 Å². The van der Waals surface area contributed by atoms with Crippen molar-refractivity contribution in [2.45, 2.75) is 32.4 Å². The van der Waals surface area contributed by atoms with E-state index in [2.05, 4.69) is 15.3 Å². The monoisotopic (exact) mass is 249 g/mol. The third-order valence-electron chi connectivity index (χ3n) is 2.77. The number of nitrogens with one attached hydrogen (secondary N) is 3. The molecule has 5 nitrogen and oxygen atoms in total. The number of hydrogen-bond donors (Lipinski definition) is 4. The van der Waals surface area contributed by atoms with E-state index in [4.69, 9.17) is 0 Å². The van der Waals surface area contributed by atoms with Crippen molar-refractivity contribution in [3.05, 3.63) is 34.2 Å². The van der Waals surface area contributed by atoms with Crippen LogP contribution >= 0.6 is 0 Å². The van der Waals surface area contributed by atoms with Gasteiger partial charge in [0.1, 0.15) is 0 Å². The number of para-hydroxylation sites is 1. The van der Waals surface area contributed by atoms with E-state index in [1.807, 2.05) is 32.9 Å². The molecule has 0 spiro atoms. The summed E-state index contributed by atoms with van der Waals surface area (Å²) in [6, 6.07) is 5.45. The molecule has 0 fully saturated rings. The summed E-state index contributed by atoms with van der Waals surface area (Å²) in [6.07, 6.45) is -0.653. The molecule has 2 rings (SSSR count). The number of imidazole rings is 1. The van der Waals surface area contributed by atoms with E-state index in [1.54, 1.807) is 6.07 Å². The molecule has 0 bridgehead atoms. The molecule has 0 aliphatic rings.